The Morgan fingerprint density at radius 1 is 1.33 bits per heavy atom. The van der Waals surface area contributed by atoms with Crippen molar-refractivity contribution in [3.63, 3.8) is 0 Å². The van der Waals surface area contributed by atoms with Crippen molar-refractivity contribution in [3.05, 3.63) is 0 Å². The Morgan fingerprint density at radius 2 is 2.13 bits per heavy atom. The zero-order valence-electron chi connectivity index (χ0n) is 10.2. The number of nitrogens with zero attached hydrogens (tertiary/aromatic N) is 2. The highest BCUT2D eigenvalue weighted by Gasteiger charge is 2.32. The molecule has 2 heterocycles. The van der Waals surface area contributed by atoms with Gasteiger partial charge in [0, 0.05) is 37.8 Å². The fourth-order valence-electron chi connectivity index (χ4n) is 2.82. The van der Waals surface area contributed by atoms with E-state index in [0.717, 1.165) is 19.0 Å². The minimum Gasteiger partial charge on any atom is -0.324 e. The fourth-order valence-corrected chi connectivity index (χ4v) is 2.82. The first kappa shape index (κ1) is 11.4. The molecule has 0 aromatic heterocycles. The lowest BCUT2D eigenvalue weighted by molar-refractivity contribution is 0.0875. The predicted octanol–water partition coefficient (Wildman–Crippen LogP) is 0.894. The van der Waals surface area contributed by atoms with Crippen LogP contribution in [0.25, 0.3) is 0 Å². The maximum Gasteiger partial charge on any atom is 0.0252 e. The van der Waals surface area contributed by atoms with Crippen molar-refractivity contribution in [1.82, 2.24) is 9.80 Å². The second kappa shape index (κ2) is 4.40. The molecule has 2 unspecified atom stereocenters. The molecule has 0 bridgehead atoms. The minimum atomic E-state index is 0.000768. The topological polar surface area (TPSA) is 32.5 Å². The van der Waals surface area contributed by atoms with E-state index < -0.39 is 0 Å². The largest absolute Gasteiger partial charge is 0.324 e. The first-order valence-corrected chi connectivity index (χ1v) is 6.36. The highest BCUT2D eigenvalue weighted by atomic mass is 15.3. The number of hydrogen-bond acceptors (Lipinski definition) is 3. The smallest absolute Gasteiger partial charge is 0.0252 e. The summed E-state index contributed by atoms with van der Waals surface area (Å²) in [5, 5.41) is 0. The maximum absolute atomic E-state index is 6.23. The summed E-state index contributed by atoms with van der Waals surface area (Å²) in [5.74, 6) is 0. The van der Waals surface area contributed by atoms with Crippen LogP contribution in [0.2, 0.25) is 0 Å². The van der Waals surface area contributed by atoms with Gasteiger partial charge in [-0.15, -0.1) is 0 Å². The number of rotatable bonds is 3. The highest BCUT2D eigenvalue weighted by Crippen LogP contribution is 2.22. The molecule has 0 aliphatic carbocycles. The molecule has 3 heteroatoms. The maximum atomic E-state index is 6.23. The molecule has 2 atom stereocenters. The van der Waals surface area contributed by atoms with Crippen molar-refractivity contribution in [1.29, 1.82) is 0 Å². The molecule has 88 valence electrons. The van der Waals surface area contributed by atoms with Crippen molar-refractivity contribution in [2.45, 2.75) is 44.7 Å². The minimum absolute atomic E-state index is 0.000768. The van der Waals surface area contributed by atoms with Gasteiger partial charge in [0.15, 0.2) is 0 Å². The van der Waals surface area contributed by atoms with E-state index in [9.17, 15) is 0 Å². The van der Waals surface area contributed by atoms with Gasteiger partial charge in [-0.05, 0) is 32.7 Å². The summed E-state index contributed by atoms with van der Waals surface area (Å²) in [6.07, 6.45) is 3.86. The van der Waals surface area contributed by atoms with Gasteiger partial charge in [0.1, 0.15) is 0 Å². The Kier molecular flexibility index (Phi) is 3.33. The lowest BCUT2D eigenvalue weighted by Gasteiger charge is -2.40. The van der Waals surface area contributed by atoms with Crippen LogP contribution in [-0.4, -0.2) is 54.1 Å². The molecule has 0 aromatic rings. The second-order valence-electron chi connectivity index (χ2n) is 5.57. The van der Waals surface area contributed by atoms with Gasteiger partial charge in [0.25, 0.3) is 0 Å². The molecule has 2 fully saturated rings. The van der Waals surface area contributed by atoms with Crippen LogP contribution >= 0.6 is 0 Å². The molecule has 0 spiro atoms. The van der Waals surface area contributed by atoms with Crippen LogP contribution in [-0.2, 0) is 0 Å². The molecule has 3 nitrogen and oxygen atoms in total. The Balaban J connectivity index is 1.85. The summed E-state index contributed by atoms with van der Waals surface area (Å²) in [7, 11) is 0. The van der Waals surface area contributed by atoms with Crippen molar-refractivity contribution in [3.8, 4) is 0 Å². The highest BCUT2D eigenvalue weighted by molar-refractivity contribution is 4.90. The molecule has 2 saturated heterocycles. The molecule has 2 aliphatic heterocycles. The van der Waals surface area contributed by atoms with Crippen molar-refractivity contribution in [2.75, 3.05) is 32.7 Å². The number of nitrogens with two attached hydrogens (primary N) is 1. The summed E-state index contributed by atoms with van der Waals surface area (Å²) < 4.78 is 0. The fraction of sp³-hybridized carbons (Fsp3) is 1.00. The number of fused-ring (bicyclic) bond motifs is 1. The quantitative estimate of drug-likeness (QED) is 0.752. The lowest BCUT2D eigenvalue weighted by atomic mass is 9.99. The van der Waals surface area contributed by atoms with Gasteiger partial charge in [-0.25, -0.2) is 0 Å². The van der Waals surface area contributed by atoms with Crippen molar-refractivity contribution >= 4 is 0 Å². The Hall–Kier alpha value is -0.120. The van der Waals surface area contributed by atoms with Crippen LogP contribution in [0, 0.1) is 0 Å². The molecular formula is C12H25N3. The van der Waals surface area contributed by atoms with Gasteiger partial charge in [-0.1, -0.05) is 6.92 Å². The van der Waals surface area contributed by atoms with Crippen LogP contribution in [0.4, 0.5) is 0 Å². The summed E-state index contributed by atoms with van der Waals surface area (Å²) >= 11 is 0. The molecule has 0 radical (unpaired) electrons. The number of piperazine rings is 1. The van der Waals surface area contributed by atoms with Crippen molar-refractivity contribution < 1.29 is 0 Å². The standard InChI is InChI=1S/C12H25N3/c1-3-12(2,13)10-14-7-8-15-6-4-5-11(15)9-14/h11H,3-10,13H2,1-2H3. The molecule has 2 N–H and O–H groups in total. The molecular weight excluding hydrogens is 186 g/mol. The summed E-state index contributed by atoms with van der Waals surface area (Å²) in [5.41, 5.74) is 6.23. The molecule has 0 amide bonds. The average molecular weight is 211 g/mol. The molecule has 2 rings (SSSR count). The van der Waals surface area contributed by atoms with Crippen LogP contribution in [0.5, 0.6) is 0 Å². The van der Waals surface area contributed by atoms with Crippen LogP contribution in [0.3, 0.4) is 0 Å². The lowest BCUT2D eigenvalue weighted by Crippen LogP contribution is -2.56. The molecule has 2 aliphatic rings. The van der Waals surface area contributed by atoms with E-state index in [-0.39, 0.29) is 5.54 Å². The Labute approximate surface area is 93.6 Å². The van der Waals surface area contributed by atoms with E-state index in [0.29, 0.717) is 0 Å². The molecule has 0 aromatic carbocycles. The average Bonchev–Trinajstić information content (AvgIpc) is 2.64. The molecule has 15 heavy (non-hydrogen) atoms. The second-order valence-corrected chi connectivity index (χ2v) is 5.57. The van der Waals surface area contributed by atoms with E-state index in [2.05, 4.69) is 23.6 Å². The van der Waals surface area contributed by atoms with Gasteiger partial charge >= 0.3 is 0 Å². The zero-order valence-corrected chi connectivity index (χ0v) is 10.2. The summed E-state index contributed by atoms with van der Waals surface area (Å²) in [4.78, 5) is 5.21. The third kappa shape index (κ3) is 2.71. The first-order chi connectivity index (χ1) is 7.11. The third-order valence-corrected chi connectivity index (χ3v) is 4.06. The number of hydrogen-bond donors (Lipinski definition) is 1. The Morgan fingerprint density at radius 3 is 2.87 bits per heavy atom. The van der Waals surface area contributed by atoms with E-state index >= 15 is 0 Å². The predicted molar refractivity (Wildman–Crippen MR) is 63.9 cm³/mol. The van der Waals surface area contributed by atoms with Crippen molar-refractivity contribution in [2.24, 2.45) is 5.73 Å². The first-order valence-electron chi connectivity index (χ1n) is 6.36. The van der Waals surface area contributed by atoms with Gasteiger partial charge in [0.05, 0.1) is 0 Å². The summed E-state index contributed by atoms with van der Waals surface area (Å²) in [6, 6.07) is 0.825. The Bertz CT molecular complexity index is 215. The molecule has 0 saturated carbocycles. The zero-order chi connectivity index (χ0) is 10.9. The van der Waals surface area contributed by atoms with Crippen LogP contribution in [0.15, 0.2) is 0 Å². The van der Waals surface area contributed by atoms with Gasteiger partial charge in [0.2, 0.25) is 0 Å². The van der Waals surface area contributed by atoms with Gasteiger partial charge < -0.3 is 5.73 Å². The summed E-state index contributed by atoms with van der Waals surface area (Å²) in [6.45, 7) is 10.5. The van der Waals surface area contributed by atoms with E-state index in [1.54, 1.807) is 0 Å². The van der Waals surface area contributed by atoms with E-state index in [4.69, 9.17) is 5.73 Å². The SMILES string of the molecule is CCC(C)(N)CN1CCN2CCCC2C1. The van der Waals surface area contributed by atoms with E-state index in [1.165, 1.54) is 39.0 Å². The van der Waals surface area contributed by atoms with Crippen LogP contribution < -0.4 is 5.73 Å². The van der Waals surface area contributed by atoms with Gasteiger partial charge in [-0.3, -0.25) is 9.80 Å². The van der Waals surface area contributed by atoms with Crippen LogP contribution in [0.1, 0.15) is 33.1 Å². The van der Waals surface area contributed by atoms with Gasteiger partial charge in [-0.2, -0.15) is 0 Å². The van der Waals surface area contributed by atoms with E-state index in [1.807, 2.05) is 0 Å². The monoisotopic (exact) mass is 211 g/mol. The normalized spacial score (nSPS) is 32.6. The third-order valence-electron chi connectivity index (χ3n) is 4.06.